The third-order valence-corrected chi connectivity index (χ3v) is 19.2. The Balaban J connectivity index is 3.35. The Hall–Kier alpha value is -1.11. The lowest BCUT2D eigenvalue weighted by atomic mass is 10.1. The molecule has 0 N–H and O–H groups in total. The summed E-state index contributed by atoms with van der Waals surface area (Å²) >= 11 is 0. The molecule has 0 saturated carbocycles. The summed E-state index contributed by atoms with van der Waals surface area (Å²) in [5.41, 5.74) is 0.952. The zero-order valence-corrected chi connectivity index (χ0v) is 28.9. The lowest BCUT2D eigenvalue weighted by Crippen LogP contribution is -2.49. The maximum absolute atomic E-state index is 14.0. The van der Waals surface area contributed by atoms with Gasteiger partial charge in [-0.25, -0.2) is 8.42 Å². The van der Waals surface area contributed by atoms with Crippen LogP contribution in [-0.2, 0) is 23.7 Å². The Morgan fingerprint density at radius 2 is 1.39 bits per heavy atom. The largest absolute Gasteiger partial charge is 0.415 e. The van der Waals surface area contributed by atoms with Crippen LogP contribution in [0.1, 0.15) is 80.4 Å². The number of sulfonamides is 1. The van der Waals surface area contributed by atoms with E-state index in [9.17, 15) is 13.2 Å². The van der Waals surface area contributed by atoms with Crippen molar-refractivity contribution in [2.24, 2.45) is 0 Å². The van der Waals surface area contributed by atoms with Crippen molar-refractivity contribution >= 4 is 32.9 Å². The molecule has 0 radical (unpaired) electrons. The molecule has 0 aliphatic rings. The fourth-order valence-electron chi connectivity index (χ4n) is 3.57. The summed E-state index contributed by atoms with van der Waals surface area (Å²) in [5.74, 6) is 0. The number of allylic oxidation sites excluding steroid dienone is 1. The van der Waals surface area contributed by atoms with Crippen LogP contribution in [0.4, 0.5) is 0 Å². The smallest absolute Gasteiger partial charge is 0.243 e. The van der Waals surface area contributed by atoms with Gasteiger partial charge in [0, 0.05) is 12.5 Å². The number of carbonyl (C=O) groups is 1. The Labute approximate surface area is 235 Å². The van der Waals surface area contributed by atoms with E-state index in [-0.39, 0.29) is 40.1 Å². The van der Waals surface area contributed by atoms with Crippen LogP contribution < -0.4 is 0 Å². The average Bonchev–Trinajstić information content (AvgIpc) is 2.75. The first-order valence-corrected chi connectivity index (χ1v) is 20.9. The Morgan fingerprint density at radius 3 is 1.82 bits per heavy atom. The van der Waals surface area contributed by atoms with Crippen molar-refractivity contribution in [3.05, 3.63) is 42.0 Å². The minimum atomic E-state index is -3.84. The summed E-state index contributed by atoms with van der Waals surface area (Å²) < 4.78 is 42.4. The Kier molecular flexibility index (Phi) is 12.0. The predicted octanol–water partition coefficient (Wildman–Crippen LogP) is 7.70. The van der Waals surface area contributed by atoms with Gasteiger partial charge in [0.2, 0.25) is 10.0 Å². The number of benzene rings is 1. The van der Waals surface area contributed by atoms with Crippen molar-refractivity contribution in [2.45, 2.75) is 128 Å². The normalized spacial score (nSPS) is 15.9. The fraction of sp³-hybridized carbons (Fsp3) is 0.690. The zero-order chi connectivity index (χ0) is 29.7. The maximum atomic E-state index is 14.0. The van der Waals surface area contributed by atoms with Crippen LogP contribution in [0.15, 0.2) is 41.3 Å². The predicted molar refractivity (Wildman–Crippen MR) is 164 cm³/mol. The molecule has 0 aliphatic carbocycles. The highest BCUT2D eigenvalue weighted by Crippen LogP contribution is 2.40. The molecule has 6 nitrogen and oxygen atoms in total. The van der Waals surface area contributed by atoms with Crippen molar-refractivity contribution in [3.63, 3.8) is 0 Å². The molecule has 0 fully saturated rings. The molecule has 2 atom stereocenters. The van der Waals surface area contributed by atoms with E-state index in [1.807, 2.05) is 32.9 Å². The van der Waals surface area contributed by atoms with Gasteiger partial charge in [0.1, 0.15) is 6.29 Å². The molecule has 0 amide bonds. The van der Waals surface area contributed by atoms with Gasteiger partial charge in [0.15, 0.2) is 16.6 Å². The summed E-state index contributed by atoms with van der Waals surface area (Å²) in [6.45, 7) is 27.8. The third-order valence-electron chi connectivity index (χ3n) is 8.05. The molecule has 0 spiro atoms. The van der Waals surface area contributed by atoms with Gasteiger partial charge in [0.25, 0.3) is 0 Å². The van der Waals surface area contributed by atoms with Crippen molar-refractivity contribution in [2.75, 3.05) is 6.61 Å². The number of aldehydes is 1. The second-order valence-corrected chi connectivity index (χ2v) is 24.9. The van der Waals surface area contributed by atoms with E-state index in [0.717, 1.165) is 11.8 Å². The van der Waals surface area contributed by atoms with Gasteiger partial charge in [-0.15, -0.1) is 0 Å². The molecular weight excluding hydrogens is 531 g/mol. The second kappa shape index (κ2) is 13.0. The van der Waals surface area contributed by atoms with Gasteiger partial charge >= 0.3 is 0 Å². The van der Waals surface area contributed by atoms with Crippen LogP contribution in [0, 0.1) is 0 Å². The van der Waals surface area contributed by atoms with Crippen LogP contribution in [0.25, 0.3) is 0 Å². The molecule has 1 aromatic rings. The Bertz CT molecular complexity index is 1040. The molecule has 38 heavy (non-hydrogen) atoms. The van der Waals surface area contributed by atoms with E-state index in [1.54, 1.807) is 24.3 Å². The molecule has 0 heterocycles. The molecule has 0 unspecified atom stereocenters. The molecule has 218 valence electrons. The third kappa shape index (κ3) is 8.96. The number of nitrogens with zero attached hydrogens (tertiary/aromatic N) is 1. The maximum Gasteiger partial charge on any atom is 0.243 e. The molecule has 0 bridgehead atoms. The van der Waals surface area contributed by atoms with E-state index in [0.29, 0.717) is 0 Å². The van der Waals surface area contributed by atoms with Crippen LogP contribution in [0.2, 0.25) is 36.3 Å². The number of hydrogen-bond acceptors (Lipinski definition) is 5. The SMILES string of the molecule is CC(C)N([C@@H](C=CCC=O)CO[Si](C)(C)C(C)(C)C)S(=O)(=O)c1ccc([C@@H](C)O[Si](C)(C)C(C)(C)C)cc1. The summed E-state index contributed by atoms with van der Waals surface area (Å²) in [5, 5.41) is 0.0752. The Morgan fingerprint density at radius 1 is 0.895 bits per heavy atom. The number of rotatable bonds is 13. The molecular formula is C29H53NO5SSi2. The first-order chi connectivity index (χ1) is 17.1. The van der Waals surface area contributed by atoms with Gasteiger partial charge in [-0.3, -0.25) is 0 Å². The summed E-state index contributed by atoms with van der Waals surface area (Å²) in [6, 6.07) is 6.21. The molecule has 0 aromatic heterocycles. The van der Waals surface area contributed by atoms with Gasteiger partial charge in [0.05, 0.1) is 23.6 Å². The highest BCUT2D eigenvalue weighted by Gasteiger charge is 2.40. The topological polar surface area (TPSA) is 72.9 Å². The quantitative estimate of drug-likeness (QED) is 0.135. The van der Waals surface area contributed by atoms with Crippen molar-refractivity contribution < 1.29 is 22.1 Å². The van der Waals surface area contributed by atoms with Crippen LogP contribution in [0.5, 0.6) is 0 Å². The molecule has 0 saturated heterocycles. The summed E-state index contributed by atoms with van der Waals surface area (Å²) in [7, 11) is -7.94. The van der Waals surface area contributed by atoms with Crippen LogP contribution in [0.3, 0.4) is 0 Å². The highest BCUT2D eigenvalue weighted by molar-refractivity contribution is 7.89. The van der Waals surface area contributed by atoms with E-state index in [2.05, 4.69) is 67.7 Å². The lowest BCUT2D eigenvalue weighted by Gasteiger charge is -2.39. The van der Waals surface area contributed by atoms with E-state index >= 15 is 0 Å². The first-order valence-electron chi connectivity index (χ1n) is 13.6. The van der Waals surface area contributed by atoms with Crippen LogP contribution in [-0.4, -0.2) is 54.3 Å². The fourth-order valence-corrected chi connectivity index (χ4v) is 7.73. The minimum absolute atomic E-state index is 0.00932. The molecule has 1 aromatic carbocycles. The zero-order valence-electron chi connectivity index (χ0n) is 26.1. The standard InChI is InChI=1S/C29H53NO5SSi2/c1-23(2)30(26(16-14-15-21-31)22-34-37(10,11)28(4,5)6)36(32,33)27-19-17-25(18-20-27)24(3)35-38(12,13)29(7,8)9/h14,16-21,23-24,26H,15,22H2,1-13H3/t24-,26+/m1/s1. The van der Waals surface area contributed by atoms with Gasteiger partial charge in [-0.1, -0.05) is 65.8 Å². The van der Waals surface area contributed by atoms with E-state index in [1.165, 1.54) is 4.31 Å². The van der Waals surface area contributed by atoms with Crippen LogP contribution >= 0.6 is 0 Å². The number of carbonyl (C=O) groups excluding carboxylic acids is 1. The molecule has 0 aliphatic heterocycles. The minimum Gasteiger partial charge on any atom is -0.415 e. The van der Waals surface area contributed by atoms with E-state index < -0.39 is 32.7 Å². The van der Waals surface area contributed by atoms with Gasteiger partial charge in [-0.2, -0.15) is 4.31 Å². The monoisotopic (exact) mass is 583 g/mol. The summed E-state index contributed by atoms with van der Waals surface area (Å²) in [6.07, 6.45) is 4.42. The second-order valence-electron chi connectivity index (χ2n) is 13.5. The molecule has 9 heteroatoms. The average molecular weight is 584 g/mol. The van der Waals surface area contributed by atoms with Crippen molar-refractivity contribution in [1.82, 2.24) is 4.31 Å². The summed E-state index contributed by atoms with van der Waals surface area (Å²) in [4.78, 5) is 11.2. The highest BCUT2D eigenvalue weighted by atomic mass is 32.2. The van der Waals surface area contributed by atoms with Crippen molar-refractivity contribution in [3.8, 4) is 0 Å². The lowest BCUT2D eigenvalue weighted by molar-refractivity contribution is -0.107. The number of hydrogen-bond donors (Lipinski definition) is 0. The van der Waals surface area contributed by atoms with E-state index in [4.69, 9.17) is 8.85 Å². The molecule has 1 rings (SSSR count). The van der Waals surface area contributed by atoms with Gasteiger partial charge < -0.3 is 13.6 Å². The first kappa shape index (κ1) is 34.9. The van der Waals surface area contributed by atoms with Crippen molar-refractivity contribution in [1.29, 1.82) is 0 Å². The van der Waals surface area contributed by atoms with Gasteiger partial charge in [-0.05, 0) is 74.7 Å².